The molecule has 2 heterocycles. The maximum atomic E-state index is 11.8. The molecule has 154 valence electrons. The molecule has 2 fully saturated rings. The Labute approximate surface area is 188 Å². The van der Waals surface area contributed by atoms with E-state index in [0.29, 0.717) is 44.3 Å². The molecule has 0 spiro atoms. The maximum Gasteiger partial charge on any atom is 0.409 e. The Morgan fingerprint density at radius 2 is 2.00 bits per heavy atom. The molecule has 6 nitrogen and oxygen atoms in total. The van der Waals surface area contributed by atoms with Gasteiger partial charge in [0.15, 0.2) is 0 Å². The molecule has 0 radical (unpaired) electrons. The van der Waals surface area contributed by atoms with Crippen LogP contribution in [-0.2, 0) is 16.0 Å². The minimum Gasteiger partial charge on any atom is -0.457 e. The summed E-state index contributed by atoms with van der Waals surface area (Å²) in [6.07, 6.45) is 2.13. The van der Waals surface area contributed by atoms with Crippen LogP contribution in [0.1, 0.15) is 11.1 Å². The van der Waals surface area contributed by atoms with E-state index in [2.05, 4.69) is 5.32 Å². The first kappa shape index (κ1) is 20.7. The van der Waals surface area contributed by atoms with Gasteiger partial charge in [-0.3, -0.25) is 4.79 Å². The van der Waals surface area contributed by atoms with Crippen molar-refractivity contribution in [2.24, 2.45) is 0 Å². The van der Waals surface area contributed by atoms with Crippen LogP contribution in [0.15, 0.2) is 47.4 Å². The summed E-state index contributed by atoms with van der Waals surface area (Å²) in [7, 11) is 1.74. The molecule has 2 aromatic rings. The molecule has 4 rings (SSSR count). The number of thiocarbonyl (C=S) groups is 1. The first-order valence-electron chi connectivity index (χ1n) is 9.10. The Hall–Kier alpha value is -2.55. The quantitative estimate of drug-likeness (QED) is 0.519. The van der Waals surface area contributed by atoms with E-state index in [1.807, 2.05) is 24.3 Å². The lowest BCUT2D eigenvalue weighted by Crippen LogP contribution is -2.30. The zero-order valence-electron chi connectivity index (χ0n) is 15.9. The van der Waals surface area contributed by atoms with E-state index in [-0.39, 0.29) is 18.0 Å². The van der Waals surface area contributed by atoms with Crippen LogP contribution in [0.5, 0.6) is 11.5 Å². The summed E-state index contributed by atoms with van der Waals surface area (Å²) in [6, 6.07) is 13.0. The van der Waals surface area contributed by atoms with Crippen molar-refractivity contribution in [2.75, 3.05) is 13.7 Å². The maximum absolute atomic E-state index is 11.8. The highest BCUT2D eigenvalue weighted by Gasteiger charge is 2.29. The first-order valence-corrected chi connectivity index (χ1v) is 10.7. The minimum atomic E-state index is -0.286. The SMILES string of the molecule is CN1C(=O)OCC1Cc1ccc(Oc2ccc(/C=C3\SC(=S)NC3=O)c(Cl)c2)cc1. The second kappa shape index (κ2) is 8.67. The summed E-state index contributed by atoms with van der Waals surface area (Å²) < 4.78 is 11.4. The van der Waals surface area contributed by atoms with Gasteiger partial charge in [0, 0.05) is 7.05 Å². The van der Waals surface area contributed by atoms with Crippen molar-refractivity contribution in [2.45, 2.75) is 12.5 Å². The Morgan fingerprint density at radius 1 is 1.27 bits per heavy atom. The van der Waals surface area contributed by atoms with Crippen LogP contribution in [0.25, 0.3) is 6.08 Å². The number of nitrogens with zero attached hydrogens (tertiary/aromatic N) is 1. The molecule has 2 saturated heterocycles. The van der Waals surface area contributed by atoms with Crippen LogP contribution in [0.4, 0.5) is 4.79 Å². The van der Waals surface area contributed by atoms with Crippen molar-refractivity contribution in [3.63, 3.8) is 0 Å². The summed E-state index contributed by atoms with van der Waals surface area (Å²) in [5.74, 6) is 1.04. The van der Waals surface area contributed by atoms with Crippen molar-refractivity contribution in [3.8, 4) is 11.5 Å². The van der Waals surface area contributed by atoms with E-state index in [1.165, 1.54) is 11.8 Å². The molecular formula is C21H17ClN2O4S2. The fourth-order valence-corrected chi connectivity index (χ4v) is 4.34. The second-order valence-corrected chi connectivity index (χ2v) is 8.95. The zero-order valence-corrected chi connectivity index (χ0v) is 18.3. The van der Waals surface area contributed by atoms with Crippen molar-refractivity contribution >= 4 is 58.0 Å². The molecule has 2 amide bonds. The molecule has 2 aliphatic heterocycles. The third kappa shape index (κ3) is 4.61. The number of thioether (sulfide) groups is 1. The third-order valence-corrected chi connectivity index (χ3v) is 6.26. The highest BCUT2D eigenvalue weighted by molar-refractivity contribution is 8.26. The smallest absolute Gasteiger partial charge is 0.409 e. The van der Waals surface area contributed by atoms with E-state index in [9.17, 15) is 9.59 Å². The van der Waals surface area contributed by atoms with Crippen LogP contribution < -0.4 is 10.1 Å². The number of amides is 2. The van der Waals surface area contributed by atoms with Crippen molar-refractivity contribution in [1.82, 2.24) is 10.2 Å². The highest BCUT2D eigenvalue weighted by atomic mass is 35.5. The molecular weight excluding hydrogens is 444 g/mol. The van der Waals surface area contributed by atoms with Crippen LogP contribution in [0.3, 0.4) is 0 Å². The number of likely N-dealkylation sites (N-methyl/N-ethyl adjacent to an activating group) is 1. The van der Waals surface area contributed by atoms with E-state index in [1.54, 1.807) is 36.2 Å². The molecule has 0 aliphatic carbocycles. The molecule has 9 heteroatoms. The van der Waals surface area contributed by atoms with Crippen LogP contribution in [-0.4, -0.2) is 40.9 Å². The number of hydrogen-bond donors (Lipinski definition) is 1. The summed E-state index contributed by atoms with van der Waals surface area (Å²) in [6.45, 7) is 0.403. The highest BCUT2D eigenvalue weighted by Crippen LogP contribution is 2.31. The number of ether oxygens (including phenoxy) is 2. The number of cyclic esters (lactones) is 1. The monoisotopic (exact) mass is 460 g/mol. The molecule has 0 saturated carbocycles. The summed E-state index contributed by atoms with van der Waals surface area (Å²) in [5.41, 5.74) is 1.79. The molecule has 1 unspecified atom stereocenters. The fraction of sp³-hybridized carbons (Fsp3) is 0.190. The Morgan fingerprint density at radius 3 is 2.60 bits per heavy atom. The van der Waals surface area contributed by atoms with Gasteiger partial charge in [0.2, 0.25) is 0 Å². The van der Waals surface area contributed by atoms with Gasteiger partial charge in [-0.1, -0.05) is 47.7 Å². The average molecular weight is 461 g/mol. The predicted octanol–water partition coefficient (Wildman–Crippen LogP) is 4.61. The van der Waals surface area contributed by atoms with Gasteiger partial charge in [0.1, 0.15) is 22.4 Å². The number of nitrogens with one attached hydrogen (secondary N) is 1. The lowest BCUT2D eigenvalue weighted by molar-refractivity contribution is -0.115. The van der Waals surface area contributed by atoms with Gasteiger partial charge in [0.05, 0.1) is 16.0 Å². The normalized spacial score (nSPS) is 19.9. The topological polar surface area (TPSA) is 67.9 Å². The lowest BCUT2D eigenvalue weighted by Gasteiger charge is -2.16. The fourth-order valence-electron chi connectivity index (χ4n) is 3.08. The predicted molar refractivity (Wildman–Crippen MR) is 121 cm³/mol. The number of benzene rings is 2. The number of hydrogen-bond acceptors (Lipinski definition) is 6. The Kier molecular flexibility index (Phi) is 5.99. The van der Waals surface area contributed by atoms with Gasteiger partial charge >= 0.3 is 6.09 Å². The number of carbonyl (C=O) groups excluding carboxylic acids is 2. The molecule has 30 heavy (non-hydrogen) atoms. The molecule has 0 bridgehead atoms. The summed E-state index contributed by atoms with van der Waals surface area (Å²) in [5, 5.41) is 3.04. The molecule has 2 aliphatic rings. The van der Waals surface area contributed by atoms with Gasteiger partial charge in [-0.2, -0.15) is 0 Å². The number of rotatable bonds is 5. The van der Waals surface area contributed by atoms with Gasteiger partial charge in [-0.15, -0.1) is 0 Å². The van der Waals surface area contributed by atoms with Crippen LogP contribution in [0.2, 0.25) is 5.02 Å². The van der Waals surface area contributed by atoms with Crippen molar-refractivity contribution in [1.29, 1.82) is 0 Å². The number of halogens is 1. The number of carbonyl (C=O) groups is 2. The van der Waals surface area contributed by atoms with Gasteiger partial charge in [-0.25, -0.2) is 4.79 Å². The Bertz CT molecular complexity index is 1060. The van der Waals surface area contributed by atoms with E-state index >= 15 is 0 Å². The van der Waals surface area contributed by atoms with Crippen LogP contribution in [0, 0.1) is 0 Å². The van der Waals surface area contributed by atoms with Gasteiger partial charge in [0.25, 0.3) is 5.91 Å². The van der Waals surface area contributed by atoms with E-state index in [4.69, 9.17) is 33.3 Å². The second-order valence-electron chi connectivity index (χ2n) is 6.83. The zero-order chi connectivity index (χ0) is 21.3. The lowest BCUT2D eigenvalue weighted by atomic mass is 10.1. The van der Waals surface area contributed by atoms with Gasteiger partial charge < -0.3 is 19.7 Å². The summed E-state index contributed by atoms with van der Waals surface area (Å²) >= 11 is 12.6. The first-order chi connectivity index (χ1) is 14.4. The third-order valence-electron chi connectivity index (χ3n) is 4.77. The molecule has 1 atom stereocenters. The van der Waals surface area contributed by atoms with Gasteiger partial charge in [-0.05, 0) is 54.0 Å². The minimum absolute atomic E-state index is 0.0409. The molecule has 2 aromatic carbocycles. The van der Waals surface area contributed by atoms with Crippen molar-refractivity contribution in [3.05, 3.63) is 63.5 Å². The van der Waals surface area contributed by atoms with Crippen molar-refractivity contribution < 1.29 is 19.1 Å². The molecule has 0 aromatic heterocycles. The van der Waals surface area contributed by atoms with E-state index in [0.717, 1.165) is 5.56 Å². The standard InChI is InChI=1S/C21H17ClN2O4S2/c1-24-14(11-27-21(24)26)8-12-2-5-15(6-3-12)28-16-7-4-13(17(22)10-16)9-18-19(25)23-20(29)30-18/h2-7,9-10,14H,8,11H2,1H3,(H,23,25,29)/b18-9-. The Balaban J connectivity index is 1.41. The van der Waals surface area contributed by atoms with E-state index < -0.39 is 0 Å². The molecule has 1 N–H and O–H groups in total. The average Bonchev–Trinajstić information content (AvgIpc) is 3.20. The van der Waals surface area contributed by atoms with Crippen LogP contribution >= 0.6 is 35.6 Å². The summed E-state index contributed by atoms with van der Waals surface area (Å²) in [4.78, 5) is 25.4. The largest absolute Gasteiger partial charge is 0.457 e.